The lowest BCUT2D eigenvalue weighted by molar-refractivity contribution is -0.123. The molecule has 1 aromatic heterocycles. The summed E-state index contributed by atoms with van der Waals surface area (Å²) in [4.78, 5) is 25.1. The van der Waals surface area contributed by atoms with Gasteiger partial charge >= 0.3 is 6.09 Å². The summed E-state index contributed by atoms with van der Waals surface area (Å²) in [5, 5.41) is 13.2. The summed E-state index contributed by atoms with van der Waals surface area (Å²) in [6.07, 6.45) is 1.65. The first-order valence-corrected chi connectivity index (χ1v) is 12.1. The van der Waals surface area contributed by atoms with Crippen molar-refractivity contribution in [2.24, 2.45) is 0 Å². The van der Waals surface area contributed by atoms with E-state index in [-0.39, 0.29) is 18.5 Å². The van der Waals surface area contributed by atoms with Crippen LogP contribution in [0.4, 0.5) is 4.79 Å². The SMILES string of the molecule is CCCOc1ccc(CCc2ccc3cc(C(C)NC(=O)CN(C(=O)O)C(C)(C)C)oc3c2)cc1. The fraction of sp³-hybridized carbons (Fsp3) is 0.429. The first-order chi connectivity index (χ1) is 16.6. The highest BCUT2D eigenvalue weighted by Crippen LogP contribution is 2.26. The van der Waals surface area contributed by atoms with Gasteiger partial charge in [0.05, 0.1) is 12.6 Å². The zero-order chi connectivity index (χ0) is 25.6. The molecule has 3 aromatic rings. The standard InChI is InChI=1S/C28H36N2O5/c1-6-15-34-23-13-10-20(11-14-23)7-8-21-9-12-22-17-24(35-25(22)16-21)19(2)29-26(31)18-30(27(32)33)28(3,4)5/h9-14,16-17,19H,6-8,15,18H2,1-5H3,(H,29,31)(H,32,33). The molecule has 2 aromatic carbocycles. The van der Waals surface area contributed by atoms with Crippen molar-refractivity contribution in [1.82, 2.24) is 10.2 Å². The Hall–Kier alpha value is -3.48. The van der Waals surface area contributed by atoms with Gasteiger partial charge in [0, 0.05) is 10.9 Å². The van der Waals surface area contributed by atoms with Gasteiger partial charge in [-0.05, 0) is 82.3 Å². The summed E-state index contributed by atoms with van der Waals surface area (Å²) in [6.45, 7) is 9.67. The molecule has 2 amide bonds. The van der Waals surface area contributed by atoms with Gasteiger partial charge in [0.1, 0.15) is 23.6 Å². The average molecular weight is 481 g/mol. The number of furan rings is 1. The monoisotopic (exact) mass is 480 g/mol. The summed E-state index contributed by atoms with van der Waals surface area (Å²) >= 11 is 0. The number of ether oxygens (including phenoxy) is 1. The van der Waals surface area contributed by atoms with E-state index in [1.54, 1.807) is 20.8 Å². The van der Waals surface area contributed by atoms with Crippen LogP contribution in [-0.2, 0) is 17.6 Å². The molecule has 7 heteroatoms. The number of benzene rings is 2. The number of rotatable bonds is 10. The van der Waals surface area contributed by atoms with E-state index in [1.807, 2.05) is 37.3 Å². The quantitative estimate of drug-likeness (QED) is 0.373. The molecule has 2 N–H and O–H groups in total. The van der Waals surface area contributed by atoms with Gasteiger partial charge in [-0.15, -0.1) is 0 Å². The number of carboxylic acid groups (broad SMARTS) is 1. The molecular formula is C28H36N2O5. The van der Waals surface area contributed by atoms with Crippen molar-refractivity contribution in [1.29, 1.82) is 0 Å². The number of amides is 2. The highest BCUT2D eigenvalue weighted by Gasteiger charge is 2.28. The van der Waals surface area contributed by atoms with E-state index in [0.29, 0.717) is 5.76 Å². The van der Waals surface area contributed by atoms with Crippen molar-refractivity contribution >= 4 is 23.0 Å². The number of fused-ring (bicyclic) bond motifs is 1. The van der Waals surface area contributed by atoms with Crippen LogP contribution in [0, 0.1) is 0 Å². The maximum Gasteiger partial charge on any atom is 0.408 e. The third-order valence-electron chi connectivity index (χ3n) is 5.85. The van der Waals surface area contributed by atoms with E-state index >= 15 is 0 Å². The number of nitrogens with one attached hydrogen (secondary N) is 1. The van der Waals surface area contributed by atoms with Crippen molar-refractivity contribution < 1.29 is 23.8 Å². The fourth-order valence-electron chi connectivity index (χ4n) is 3.82. The normalized spacial score (nSPS) is 12.4. The molecular weight excluding hydrogens is 444 g/mol. The van der Waals surface area contributed by atoms with Crippen LogP contribution < -0.4 is 10.1 Å². The van der Waals surface area contributed by atoms with Crippen molar-refractivity contribution in [2.45, 2.75) is 65.5 Å². The van der Waals surface area contributed by atoms with Crippen molar-refractivity contribution in [3.8, 4) is 5.75 Å². The van der Waals surface area contributed by atoms with Crippen molar-refractivity contribution in [3.05, 3.63) is 65.4 Å². The molecule has 0 aliphatic rings. The second-order valence-electron chi connectivity index (χ2n) is 9.84. The molecule has 35 heavy (non-hydrogen) atoms. The van der Waals surface area contributed by atoms with Crippen LogP contribution in [-0.4, -0.2) is 40.7 Å². The van der Waals surface area contributed by atoms with Crippen molar-refractivity contribution in [3.63, 3.8) is 0 Å². The van der Waals surface area contributed by atoms with Crippen LogP contribution in [0.5, 0.6) is 5.75 Å². The Labute approximate surface area is 207 Å². The van der Waals surface area contributed by atoms with Crippen LogP contribution in [0.1, 0.15) is 64.0 Å². The number of hydrogen-bond acceptors (Lipinski definition) is 4. The summed E-state index contributed by atoms with van der Waals surface area (Å²) < 4.78 is 11.7. The number of aryl methyl sites for hydroxylation is 2. The van der Waals surface area contributed by atoms with Gasteiger partial charge in [0.25, 0.3) is 0 Å². The minimum absolute atomic E-state index is 0.237. The molecule has 7 nitrogen and oxygen atoms in total. The van der Waals surface area contributed by atoms with Gasteiger partial charge in [0.15, 0.2) is 0 Å². The summed E-state index contributed by atoms with van der Waals surface area (Å²) in [6, 6.07) is 15.9. The van der Waals surface area contributed by atoms with Gasteiger partial charge < -0.3 is 19.6 Å². The topological polar surface area (TPSA) is 92.0 Å². The van der Waals surface area contributed by atoms with Gasteiger partial charge in [0.2, 0.25) is 5.91 Å². The van der Waals surface area contributed by atoms with Crippen molar-refractivity contribution in [2.75, 3.05) is 13.2 Å². The molecule has 1 unspecified atom stereocenters. The van der Waals surface area contributed by atoms with Crippen LogP contribution >= 0.6 is 0 Å². The lowest BCUT2D eigenvalue weighted by Crippen LogP contribution is -2.50. The minimum Gasteiger partial charge on any atom is -0.494 e. The van der Waals surface area contributed by atoms with Crippen LogP contribution in [0.3, 0.4) is 0 Å². The third-order valence-corrected chi connectivity index (χ3v) is 5.85. The molecule has 188 valence electrons. The molecule has 0 fully saturated rings. The van der Waals surface area contributed by atoms with E-state index < -0.39 is 11.6 Å². The van der Waals surface area contributed by atoms with E-state index in [2.05, 4.69) is 30.4 Å². The van der Waals surface area contributed by atoms with E-state index in [1.165, 1.54) is 11.1 Å². The smallest absolute Gasteiger partial charge is 0.408 e. The predicted octanol–water partition coefficient (Wildman–Crippen LogP) is 5.96. The number of hydrogen-bond donors (Lipinski definition) is 2. The maximum absolute atomic E-state index is 12.5. The van der Waals surface area contributed by atoms with Gasteiger partial charge in [-0.1, -0.05) is 31.2 Å². The minimum atomic E-state index is -1.13. The van der Waals surface area contributed by atoms with E-state index in [4.69, 9.17) is 9.15 Å². The lowest BCUT2D eigenvalue weighted by Gasteiger charge is -2.32. The molecule has 0 aliphatic heterocycles. The summed E-state index contributed by atoms with van der Waals surface area (Å²) in [5.74, 6) is 1.16. The Morgan fingerprint density at radius 3 is 2.34 bits per heavy atom. The summed E-state index contributed by atoms with van der Waals surface area (Å²) in [7, 11) is 0. The first-order valence-electron chi connectivity index (χ1n) is 12.1. The second kappa shape index (κ2) is 11.3. The number of carbonyl (C=O) groups is 2. The Kier molecular flexibility index (Phi) is 8.43. The van der Waals surface area contributed by atoms with Crippen LogP contribution in [0.2, 0.25) is 0 Å². The zero-order valence-electron chi connectivity index (χ0n) is 21.3. The Balaban J connectivity index is 1.60. The van der Waals surface area contributed by atoms with Gasteiger partial charge in [-0.25, -0.2) is 4.79 Å². The van der Waals surface area contributed by atoms with Gasteiger partial charge in [-0.3, -0.25) is 9.69 Å². The highest BCUT2D eigenvalue weighted by molar-refractivity contribution is 5.83. The van der Waals surface area contributed by atoms with Gasteiger partial charge in [-0.2, -0.15) is 0 Å². The van der Waals surface area contributed by atoms with E-state index in [9.17, 15) is 14.7 Å². The summed E-state index contributed by atoms with van der Waals surface area (Å²) in [5.41, 5.74) is 2.51. The van der Waals surface area contributed by atoms with Crippen LogP contribution in [0.25, 0.3) is 11.0 Å². The van der Waals surface area contributed by atoms with E-state index in [0.717, 1.165) is 47.5 Å². The third kappa shape index (κ3) is 7.25. The second-order valence-corrected chi connectivity index (χ2v) is 9.84. The maximum atomic E-state index is 12.5. The zero-order valence-corrected chi connectivity index (χ0v) is 21.3. The molecule has 0 saturated carbocycles. The highest BCUT2D eigenvalue weighted by atomic mass is 16.5. The first kappa shape index (κ1) is 26.1. The molecule has 1 heterocycles. The molecule has 0 bridgehead atoms. The molecule has 0 saturated heterocycles. The Morgan fingerprint density at radius 1 is 1.06 bits per heavy atom. The fourth-order valence-corrected chi connectivity index (χ4v) is 3.82. The van der Waals surface area contributed by atoms with Crippen LogP contribution in [0.15, 0.2) is 52.9 Å². The Bertz CT molecular complexity index is 1140. The molecule has 0 radical (unpaired) electrons. The largest absolute Gasteiger partial charge is 0.494 e. The Morgan fingerprint density at radius 2 is 1.71 bits per heavy atom. The number of carbonyl (C=O) groups excluding carboxylic acids is 1. The number of nitrogens with zero attached hydrogens (tertiary/aromatic N) is 1. The molecule has 0 aliphatic carbocycles. The lowest BCUT2D eigenvalue weighted by atomic mass is 10.0. The molecule has 3 rings (SSSR count). The molecule has 0 spiro atoms. The molecule has 1 atom stereocenters. The predicted molar refractivity (Wildman–Crippen MR) is 137 cm³/mol. The average Bonchev–Trinajstić information content (AvgIpc) is 3.23.